The number of Topliss-reactive ketones (excluding diaryl/α,β-unsaturated/α-hetero) is 1. The Morgan fingerprint density at radius 1 is 1.04 bits per heavy atom. The smallest absolute Gasteiger partial charge is 0.348 e. The Morgan fingerprint density at radius 2 is 1.70 bits per heavy atom. The highest BCUT2D eigenvalue weighted by molar-refractivity contribution is 6.11. The molecule has 0 amide bonds. The molecule has 1 unspecified atom stereocenters. The van der Waals surface area contributed by atoms with Crippen molar-refractivity contribution in [1.29, 1.82) is 0 Å². The van der Waals surface area contributed by atoms with Gasteiger partial charge in [-0.2, -0.15) is 0 Å². The van der Waals surface area contributed by atoms with Crippen LogP contribution in [0.1, 0.15) is 22.8 Å². The molecule has 0 spiro atoms. The highest BCUT2D eigenvalue weighted by Gasteiger charge is 2.28. The monoisotopic (exact) mass is 316 g/mol. The molecule has 2 aromatic rings. The fourth-order valence-electron chi connectivity index (χ4n) is 1.93. The first-order valence-corrected chi connectivity index (χ1v) is 7.23. The second-order valence-electron chi connectivity index (χ2n) is 4.78. The van der Waals surface area contributed by atoms with Crippen molar-refractivity contribution in [2.45, 2.75) is 19.7 Å². The van der Waals surface area contributed by atoms with Gasteiger partial charge in [-0.15, -0.1) is 0 Å². The van der Waals surface area contributed by atoms with Gasteiger partial charge in [0, 0.05) is 5.56 Å². The van der Waals surface area contributed by atoms with Crippen LogP contribution in [0.2, 0.25) is 0 Å². The number of ketones is 1. The van der Waals surface area contributed by atoms with Gasteiger partial charge < -0.3 is 9.47 Å². The molecular weight excluding hydrogens is 299 g/mol. The molecule has 120 valence electrons. The third kappa shape index (κ3) is 4.64. The van der Waals surface area contributed by atoms with Crippen LogP contribution in [-0.2, 0) is 16.1 Å². The highest BCUT2D eigenvalue weighted by Crippen LogP contribution is 2.16. The van der Waals surface area contributed by atoms with E-state index in [1.807, 2.05) is 30.3 Å². The van der Waals surface area contributed by atoms with Crippen LogP contribution in [0.5, 0.6) is 5.75 Å². The third-order valence-corrected chi connectivity index (χ3v) is 3.11. The summed E-state index contributed by atoms with van der Waals surface area (Å²) < 4.78 is 23.8. The minimum absolute atomic E-state index is 0.0266. The molecule has 0 aromatic heterocycles. The van der Waals surface area contributed by atoms with Crippen molar-refractivity contribution in [2.75, 3.05) is 6.61 Å². The van der Waals surface area contributed by atoms with Crippen molar-refractivity contribution < 1.29 is 23.5 Å². The molecule has 0 N–H and O–H groups in total. The average Bonchev–Trinajstić information content (AvgIpc) is 2.60. The number of hydrogen-bond donors (Lipinski definition) is 0. The molecule has 0 radical (unpaired) electrons. The number of ether oxygens (including phenoxy) is 2. The lowest BCUT2D eigenvalue weighted by Gasteiger charge is -2.09. The van der Waals surface area contributed by atoms with Crippen LogP contribution in [0, 0.1) is 0 Å². The normalized spacial score (nSPS) is 11.6. The van der Waals surface area contributed by atoms with E-state index in [9.17, 15) is 14.0 Å². The first-order valence-electron chi connectivity index (χ1n) is 7.23. The molecule has 0 aliphatic carbocycles. The number of alkyl halides is 1. The van der Waals surface area contributed by atoms with E-state index in [4.69, 9.17) is 4.74 Å². The molecule has 1 atom stereocenters. The average molecular weight is 316 g/mol. The fourth-order valence-corrected chi connectivity index (χ4v) is 1.93. The van der Waals surface area contributed by atoms with E-state index in [0.29, 0.717) is 12.4 Å². The van der Waals surface area contributed by atoms with Crippen molar-refractivity contribution >= 4 is 11.8 Å². The second-order valence-corrected chi connectivity index (χ2v) is 4.78. The molecule has 0 heterocycles. The molecule has 0 aliphatic rings. The van der Waals surface area contributed by atoms with Gasteiger partial charge in [0.05, 0.1) is 6.61 Å². The number of carbonyl (C=O) groups excluding carboxylic acids is 2. The molecule has 0 bridgehead atoms. The van der Waals surface area contributed by atoms with E-state index in [1.54, 1.807) is 19.1 Å². The minimum Gasteiger partial charge on any atom is -0.489 e. The maximum absolute atomic E-state index is 13.7. The topological polar surface area (TPSA) is 52.6 Å². The predicted molar refractivity (Wildman–Crippen MR) is 83.1 cm³/mol. The van der Waals surface area contributed by atoms with E-state index in [-0.39, 0.29) is 12.2 Å². The molecule has 0 fully saturated rings. The molecule has 5 heteroatoms. The molecule has 2 rings (SSSR count). The summed E-state index contributed by atoms with van der Waals surface area (Å²) in [6, 6.07) is 15.6. The van der Waals surface area contributed by atoms with Gasteiger partial charge in [-0.25, -0.2) is 9.18 Å². The van der Waals surface area contributed by atoms with Crippen LogP contribution in [0.15, 0.2) is 54.6 Å². The largest absolute Gasteiger partial charge is 0.489 e. The minimum atomic E-state index is -2.30. The van der Waals surface area contributed by atoms with Crippen LogP contribution < -0.4 is 4.74 Å². The summed E-state index contributed by atoms with van der Waals surface area (Å²) >= 11 is 0. The highest BCUT2D eigenvalue weighted by atomic mass is 19.1. The van der Waals surface area contributed by atoms with Crippen LogP contribution in [0.4, 0.5) is 4.39 Å². The molecule has 0 saturated heterocycles. The van der Waals surface area contributed by atoms with Gasteiger partial charge in [0.2, 0.25) is 5.78 Å². The van der Waals surface area contributed by atoms with Crippen LogP contribution in [-0.4, -0.2) is 24.5 Å². The Labute approximate surface area is 133 Å². The van der Waals surface area contributed by atoms with Crippen molar-refractivity contribution in [3.05, 3.63) is 65.7 Å². The van der Waals surface area contributed by atoms with Gasteiger partial charge in [-0.05, 0) is 36.8 Å². The van der Waals surface area contributed by atoms with Crippen LogP contribution >= 0.6 is 0 Å². The maximum atomic E-state index is 13.7. The zero-order chi connectivity index (χ0) is 16.7. The van der Waals surface area contributed by atoms with Gasteiger partial charge in [0.25, 0.3) is 6.17 Å². The van der Waals surface area contributed by atoms with Gasteiger partial charge >= 0.3 is 5.97 Å². The summed E-state index contributed by atoms with van der Waals surface area (Å²) in [6.45, 7) is 1.97. The molecule has 0 saturated carbocycles. The van der Waals surface area contributed by atoms with Crippen molar-refractivity contribution in [2.24, 2.45) is 0 Å². The lowest BCUT2D eigenvalue weighted by atomic mass is 10.1. The summed E-state index contributed by atoms with van der Waals surface area (Å²) in [6.07, 6.45) is -2.30. The summed E-state index contributed by atoms with van der Waals surface area (Å²) in [5.74, 6) is -1.53. The number of rotatable bonds is 7. The standard InChI is InChI=1S/C18H17FO4/c1-2-22-18(21)16(19)17(20)14-8-10-15(11-9-14)23-12-13-6-4-3-5-7-13/h3-11,16H,2,12H2,1H3. The van der Waals surface area contributed by atoms with Gasteiger partial charge in [-0.1, -0.05) is 30.3 Å². The Balaban J connectivity index is 1.96. The summed E-state index contributed by atoms with van der Waals surface area (Å²) in [5.41, 5.74) is 1.11. The molecular formula is C18H17FO4. The Hall–Kier alpha value is -2.69. The Kier molecular flexibility index (Phi) is 5.86. The molecule has 4 nitrogen and oxygen atoms in total. The van der Waals surface area contributed by atoms with Crippen LogP contribution in [0.25, 0.3) is 0 Å². The summed E-state index contributed by atoms with van der Waals surface area (Å²) in [4.78, 5) is 23.1. The molecule has 2 aromatic carbocycles. The lowest BCUT2D eigenvalue weighted by molar-refractivity contribution is -0.147. The molecule has 0 aliphatic heterocycles. The number of halogens is 1. The second kappa shape index (κ2) is 8.08. The zero-order valence-electron chi connectivity index (χ0n) is 12.7. The van der Waals surface area contributed by atoms with Gasteiger partial charge in [-0.3, -0.25) is 4.79 Å². The van der Waals surface area contributed by atoms with Gasteiger partial charge in [0.1, 0.15) is 12.4 Å². The quantitative estimate of drug-likeness (QED) is 0.446. The fraction of sp³-hybridized carbons (Fsp3) is 0.222. The first-order chi connectivity index (χ1) is 11.1. The number of esters is 1. The predicted octanol–water partition coefficient (Wildman–Crippen LogP) is 3.35. The van der Waals surface area contributed by atoms with E-state index < -0.39 is 17.9 Å². The van der Waals surface area contributed by atoms with Crippen LogP contribution in [0.3, 0.4) is 0 Å². The summed E-state index contributed by atoms with van der Waals surface area (Å²) in [7, 11) is 0. The van der Waals surface area contributed by atoms with E-state index in [2.05, 4.69) is 4.74 Å². The molecule has 23 heavy (non-hydrogen) atoms. The SMILES string of the molecule is CCOC(=O)C(F)C(=O)c1ccc(OCc2ccccc2)cc1. The Bertz CT molecular complexity index is 652. The number of carbonyl (C=O) groups is 2. The Morgan fingerprint density at radius 3 is 2.30 bits per heavy atom. The van der Waals surface area contributed by atoms with Crippen molar-refractivity contribution in [1.82, 2.24) is 0 Å². The van der Waals surface area contributed by atoms with Crippen molar-refractivity contribution in [3.63, 3.8) is 0 Å². The van der Waals surface area contributed by atoms with Crippen molar-refractivity contribution in [3.8, 4) is 5.75 Å². The number of hydrogen-bond acceptors (Lipinski definition) is 4. The van der Waals surface area contributed by atoms with E-state index >= 15 is 0 Å². The van der Waals surface area contributed by atoms with Gasteiger partial charge in [0.15, 0.2) is 0 Å². The summed E-state index contributed by atoms with van der Waals surface area (Å²) in [5, 5.41) is 0. The van der Waals surface area contributed by atoms with E-state index in [1.165, 1.54) is 12.1 Å². The first kappa shape index (κ1) is 16.7. The zero-order valence-corrected chi connectivity index (χ0v) is 12.7. The number of benzene rings is 2. The van der Waals surface area contributed by atoms with E-state index in [0.717, 1.165) is 5.56 Å². The lowest BCUT2D eigenvalue weighted by Crippen LogP contribution is -2.27. The third-order valence-electron chi connectivity index (χ3n) is 3.11. The maximum Gasteiger partial charge on any atom is 0.348 e.